The fourth-order valence-electron chi connectivity index (χ4n) is 3.23. The van der Waals surface area contributed by atoms with E-state index in [9.17, 15) is 14.7 Å². The molecule has 120 valence electrons. The van der Waals surface area contributed by atoms with E-state index in [2.05, 4.69) is 17.6 Å². The van der Waals surface area contributed by atoms with Crippen LogP contribution in [0.2, 0.25) is 0 Å². The minimum absolute atomic E-state index is 0.0944. The topological polar surface area (TPSA) is 78.4 Å². The van der Waals surface area contributed by atoms with Crippen molar-refractivity contribution >= 4 is 23.8 Å². The normalized spacial score (nSPS) is 28.6. The molecular weight excluding hydrogens is 288 g/mol. The molecule has 1 atom stereocenters. The molecule has 0 aromatic heterocycles. The number of rotatable bonds is 4. The Balaban J connectivity index is 1.90. The van der Waals surface area contributed by atoms with Crippen molar-refractivity contribution in [3.05, 3.63) is 0 Å². The number of carbonyl (C=O) groups excluding carboxylic acids is 1. The van der Waals surface area contributed by atoms with Gasteiger partial charge in [-0.05, 0) is 38.4 Å². The molecule has 5 nitrogen and oxygen atoms in total. The van der Waals surface area contributed by atoms with Crippen molar-refractivity contribution in [1.82, 2.24) is 10.6 Å². The van der Waals surface area contributed by atoms with Gasteiger partial charge in [0.2, 0.25) is 0 Å². The number of carboxylic acid groups (broad SMARTS) is 1. The highest BCUT2D eigenvalue weighted by atomic mass is 32.2. The fraction of sp³-hybridized carbons (Fsp3) is 0.867. The van der Waals surface area contributed by atoms with Crippen molar-refractivity contribution in [1.29, 1.82) is 0 Å². The molecule has 6 heteroatoms. The maximum Gasteiger partial charge on any atom is 0.329 e. The van der Waals surface area contributed by atoms with Crippen molar-refractivity contribution in [3.63, 3.8) is 0 Å². The molecule has 0 spiro atoms. The van der Waals surface area contributed by atoms with Crippen molar-refractivity contribution in [2.45, 2.75) is 68.6 Å². The zero-order valence-corrected chi connectivity index (χ0v) is 13.6. The van der Waals surface area contributed by atoms with Gasteiger partial charge in [0.1, 0.15) is 5.54 Å². The summed E-state index contributed by atoms with van der Waals surface area (Å²) in [5.74, 6) is 0.236. The van der Waals surface area contributed by atoms with Gasteiger partial charge in [0.05, 0.1) is 0 Å². The van der Waals surface area contributed by atoms with Crippen molar-refractivity contribution < 1.29 is 14.7 Å². The lowest BCUT2D eigenvalue weighted by molar-refractivity contribution is -0.145. The lowest BCUT2D eigenvalue weighted by atomic mass is 9.90. The summed E-state index contributed by atoms with van der Waals surface area (Å²) < 4.78 is 0.0944. The predicted molar refractivity (Wildman–Crippen MR) is 84.7 cm³/mol. The first-order valence-corrected chi connectivity index (χ1v) is 8.88. The monoisotopic (exact) mass is 314 g/mol. The van der Waals surface area contributed by atoms with Crippen LogP contribution in [0.25, 0.3) is 0 Å². The Kier molecular flexibility index (Phi) is 5.41. The Morgan fingerprint density at radius 2 is 1.76 bits per heavy atom. The van der Waals surface area contributed by atoms with Crippen LogP contribution in [0.1, 0.15) is 58.3 Å². The first-order valence-electron chi connectivity index (χ1n) is 7.89. The quantitative estimate of drug-likeness (QED) is 0.697. The molecule has 0 aromatic carbocycles. The minimum Gasteiger partial charge on any atom is -0.480 e. The lowest BCUT2D eigenvalue weighted by Gasteiger charge is -2.30. The van der Waals surface area contributed by atoms with Gasteiger partial charge in [0.25, 0.3) is 0 Å². The lowest BCUT2D eigenvalue weighted by Crippen LogP contribution is -2.57. The molecule has 2 fully saturated rings. The second-order valence-corrected chi connectivity index (χ2v) is 8.19. The summed E-state index contributed by atoms with van der Waals surface area (Å²) in [5, 5.41) is 15.2. The molecule has 1 aliphatic carbocycles. The van der Waals surface area contributed by atoms with E-state index >= 15 is 0 Å². The van der Waals surface area contributed by atoms with Crippen LogP contribution in [-0.4, -0.2) is 39.7 Å². The summed E-state index contributed by atoms with van der Waals surface area (Å²) in [4.78, 5) is 23.8. The first-order chi connectivity index (χ1) is 9.96. The second kappa shape index (κ2) is 6.90. The minimum atomic E-state index is -1.08. The summed E-state index contributed by atoms with van der Waals surface area (Å²) in [6.45, 7) is 2.75. The fourth-order valence-corrected chi connectivity index (χ4v) is 4.47. The van der Waals surface area contributed by atoms with Crippen molar-refractivity contribution in [2.24, 2.45) is 0 Å². The number of nitrogens with one attached hydrogen (secondary N) is 2. The van der Waals surface area contributed by atoms with E-state index in [1.807, 2.05) is 11.8 Å². The van der Waals surface area contributed by atoms with Gasteiger partial charge in [-0.1, -0.05) is 25.7 Å². The number of hydrogen-bond donors (Lipinski definition) is 3. The number of carbonyl (C=O) groups is 2. The SMILES string of the molecule is CC1(CNC(=O)NC2(C(=O)O)CCCCCC2)CCCS1. The molecule has 1 heterocycles. The molecule has 0 bridgehead atoms. The molecule has 3 N–H and O–H groups in total. The van der Waals surface area contributed by atoms with E-state index in [1.54, 1.807) is 0 Å². The van der Waals surface area contributed by atoms with Crippen LogP contribution in [0, 0.1) is 0 Å². The van der Waals surface area contributed by atoms with Crippen LogP contribution in [-0.2, 0) is 4.79 Å². The number of urea groups is 1. The Morgan fingerprint density at radius 3 is 2.29 bits per heavy atom. The zero-order valence-electron chi connectivity index (χ0n) is 12.7. The number of carboxylic acids is 1. The highest BCUT2D eigenvalue weighted by Crippen LogP contribution is 2.37. The molecule has 0 radical (unpaired) electrons. The largest absolute Gasteiger partial charge is 0.480 e. The van der Waals surface area contributed by atoms with E-state index in [-0.39, 0.29) is 10.8 Å². The summed E-state index contributed by atoms with van der Waals surface area (Å²) in [7, 11) is 0. The molecule has 21 heavy (non-hydrogen) atoms. The Hall–Kier alpha value is -0.910. The average molecular weight is 314 g/mol. The van der Waals surface area contributed by atoms with Crippen molar-refractivity contribution in [2.75, 3.05) is 12.3 Å². The summed E-state index contributed by atoms with van der Waals surface area (Å²) in [6, 6.07) is -0.340. The van der Waals surface area contributed by atoms with E-state index < -0.39 is 11.5 Å². The van der Waals surface area contributed by atoms with E-state index in [1.165, 1.54) is 6.42 Å². The molecule has 1 saturated heterocycles. The third kappa shape index (κ3) is 4.28. The van der Waals surface area contributed by atoms with Gasteiger partial charge in [-0.15, -0.1) is 0 Å². The van der Waals surface area contributed by atoms with Crippen LogP contribution < -0.4 is 10.6 Å². The van der Waals surface area contributed by atoms with Crippen LogP contribution in [0.3, 0.4) is 0 Å². The molecule has 1 saturated carbocycles. The van der Waals surface area contributed by atoms with E-state index in [0.717, 1.165) is 37.9 Å². The molecule has 2 aliphatic rings. The Labute approximate surface area is 130 Å². The van der Waals surface area contributed by atoms with Crippen molar-refractivity contribution in [3.8, 4) is 0 Å². The van der Waals surface area contributed by atoms with Gasteiger partial charge in [0.15, 0.2) is 0 Å². The second-order valence-electron chi connectivity index (χ2n) is 6.51. The van der Waals surface area contributed by atoms with Gasteiger partial charge < -0.3 is 15.7 Å². The van der Waals surface area contributed by atoms with Crippen LogP contribution in [0.5, 0.6) is 0 Å². The summed E-state index contributed by atoms with van der Waals surface area (Å²) in [6.07, 6.45) is 7.16. The third-order valence-corrected chi connectivity index (χ3v) is 6.18. The maximum absolute atomic E-state index is 12.1. The molecule has 2 rings (SSSR count). The van der Waals surface area contributed by atoms with Crippen LogP contribution >= 0.6 is 11.8 Å². The van der Waals surface area contributed by atoms with Gasteiger partial charge in [-0.3, -0.25) is 0 Å². The average Bonchev–Trinajstić information content (AvgIpc) is 2.72. The number of amides is 2. The summed E-state index contributed by atoms with van der Waals surface area (Å²) in [5.41, 5.74) is -1.08. The Morgan fingerprint density at radius 1 is 1.10 bits per heavy atom. The maximum atomic E-state index is 12.1. The van der Waals surface area contributed by atoms with Crippen LogP contribution in [0.4, 0.5) is 4.79 Å². The predicted octanol–water partition coefficient (Wildman–Crippen LogP) is 2.75. The smallest absolute Gasteiger partial charge is 0.329 e. The molecular formula is C15H26N2O3S. The van der Waals surface area contributed by atoms with Gasteiger partial charge in [0, 0.05) is 11.3 Å². The van der Waals surface area contributed by atoms with E-state index in [0.29, 0.717) is 19.4 Å². The highest BCUT2D eigenvalue weighted by molar-refractivity contribution is 8.00. The standard InChI is InChI=1S/C15H26N2O3S/c1-14(7-6-10-21-14)11-16-13(20)17-15(12(18)19)8-4-2-3-5-9-15/h2-11H2,1H3,(H,18,19)(H2,16,17,20). The molecule has 0 aromatic rings. The summed E-state index contributed by atoms with van der Waals surface area (Å²) >= 11 is 1.88. The zero-order chi connectivity index (χ0) is 15.3. The molecule has 1 unspecified atom stereocenters. The molecule has 2 amide bonds. The first kappa shape index (κ1) is 16.5. The Bertz CT molecular complexity index is 386. The van der Waals surface area contributed by atoms with E-state index in [4.69, 9.17) is 0 Å². The number of hydrogen-bond acceptors (Lipinski definition) is 3. The number of aliphatic carboxylic acids is 1. The molecule has 1 aliphatic heterocycles. The highest BCUT2D eigenvalue weighted by Gasteiger charge is 2.40. The van der Waals surface area contributed by atoms with Gasteiger partial charge in [-0.2, -0.15) is 11.8 Å². The van der Waals surface area contributed by atoms with Gasteiger partial charge in [-0.25, -0.2) is 9.59 Å². The van der Waals surface area contributed by atoms with Crippen LogP contribution in [0.15, 0.2) is 0 Å². The number of thioether (sulfide) groups is 1. The third-order valence-electron chi connectivity index (χ3n) is 4.64. The van der Waals surface area contributed by atoms with Gasteiger partial charge >= 0.3 is 12.0 Å².